The minimum atomic E-state index is -0.0311. The average molecular weight is 257 g/mol. The van der Waals surface area contributed by atoms with E-state index in [1.165, 1.54) is 11.5 Å². The summed E-state index contributed by atoms with van der Waals surface area (Å²) in [6, 6.07) is 0. The van der Waals surface area contributed by atoms with E-state index in [0.717, 1.165) is 11.0 Å². The molecule has 0 radical (unpaired) electrons. The first-order valence-electron chi connectivity index (χ1n) is 5.47. The number of nitrogens with two attached hydrogens (primary N) is 1. The molecule has 0 aliphatic rings. The Hall–Kier alpha value is -1.37. The Bertz CT molecular complexity index is 390. The predicted octanol–water partition coefficient (Wildman–Crippen LogP) is 1.48. The summed E-state index contributed by atoms with van der Waals surface area (Å²) in [6.45, 7) is 6.66. The van der Waals surface area contributed by atoms with Crippen molar-refractivity contribution in [3.8, 4) is 0 Å². The highest BCUT2D eigenvalue weighted by atomic mass is 32.1. The molecular weight excluding hydrogens is 238 g/mol. The van der Waals surface area contributed by atoms with E-state index in [-0.39, 0.29) is 11.8 Å². The normalized spacial score (nSPS) is 14.1. The Balaban J connectivity index is 2.66. The van der Waals surface area contributed by atoms with Gasteiger partial charge in [0.1, 0.15) is 11.7 Å². The number of nitrogens with zero attached hydrogens (tertiary/aromatic N) is 4. The van der Waals surface area contributed by atoms with Crippen LogP contribution in [0.5, 0.6) is 0 Å². The Morgan fingerprint density at radius 1 is 1.53 bits per heavy atom. The fraction of sp³-hybridized carbons (Fsp3) is 0.700. The van der Waals surface area contributed by atoms with Gasteiger partial charge < -0.3 is 15.8 Å². The highest BCUT2D eigenvalue weighted by Gasteiger charge is 2.15. The largest absolute Gasteiger partial charge is 0.409 e. The predicted molar refractivity (Wildman–Crippen MR) is 69.8 cm³/mol. The van der Waals surface area contributed by atoms with Crippen LogP contribution in [0.15, 0.2) is 5.16 Å². The molecule has 17 heavy (non-hydrogen) atoms. The van der Waals surface area contributed by atoms with Crippen molar-refractivity contribution in [1.82, 2.24) is 9.36 Å². The number of oxime groups is 1. The first kappa shape index (κ1) is 13.7. The van der Waals surface area contributed by atoms with Gasteiger partial charge in [-0.15, -0.1) is 0 Å². The van der Waals surface area contributed by atoms with E-state index in [1.807, 2.05) is 18.9 Å². The molecular formula is C10H19N5OS. The Morgan fingerprint density at radius 3 is 2.65 bits per heavy atom. The highest BCUT2D eigenvalue weighted by molar-refractivity contribution is 7.09. The summed E-state index contributed by atoms with van der Waals surface area (Å²) < 4.78 is 4.29. The van der Waals surface area contributed by atoms with Gasteiger partial charge >= 0.3 is 0 Å². The molecule has 96 valence electrons. The third kappa shape index (κ3) is 3.55. The fourth-order valence-corrected chi connectivity index (χ4v) is 2.07. The van der Waals surface area contributed by atoms with E-state index in [0.29, 0.717) is 12.5 Å². The van der Waals surface area contributed by atoms with Gasteiger partial charge in [0.05, 0.1) is 0 Å². The van der Waals surface area contributed by atoms with Gasteiger partial charge in [0.15, 0.2) is 0 Å². The molecule has 0 aliphatic heterocycles. The van der Waals surface area contributed by atoms with E-state index < -0.39 is 0 Å². The van der Waals surface area contributed by atoms with Gasteiger partial charge in [-0.05, 0) is 0 Å². The minimum absolute atomic E-state index is 0.0311. The van der Waals surface area contributed by atoms with Crippen molar-refractivity contribution in [3.05, 3.63) is 5.82 Å². The maximum absolute atomic E-state index is 8.58. The van der Waals surface area contributed by atoms with Gasteiger partial charge in [0.2, 0.25) is 5.13 Å². The zero-order valence-electron chi connectivity index (χ0n) is 10.6. The lowest BCUT2D eigenvalue weighted by Crippen LogP contribution is -2.32. The van der Waals surface area contributed by atoms with Crippen LogP contribution in [-0.4, -0.2) is 34.0 Å². The van der Waals surface area contributed by atoms with E-state index in [9.17, 15) is 0 Å². The van der Waals surface area contributed by atoms with Crippen LogP contribution in [-0.2, 0) is 0 Å². The summed E-state index contributed by atoms with van der Waals surface area (Å²) in [5.74, 6) is 1.38. The molecule has 0 bridgehead atoms. The Morgan fingerprint density at radius 2 is 2.18 bits per heavy atom. The molecule has 3 N–H and O–H groups in total. The monoisotopic (exact) mass is 257 g/mol. The van der Waals surface area contributed by atoms with Crippen LogP contribution in [0.25, 0.3) is 0 Å². The van der Waals surface area contributed by atoms with E-state index in [4.69, 9.17) is 10.9 Å². The Labute approximate surface area is 105 Å². The van der Waals surface area contributed by atoms with Crippen molar-refractivity contribution in [3.63, 3.8) is 0 Å². The molecule has 1 unspecified atom stereocenters. The zero-order chi connectivity index (χ0) is 13.0. The molecule has 7 heteroatoms. The first-order valence-corrected chi connectivity index (χ1v) is 6.25. The number of aromatic nitrogens is 2. The van der Waals surface area contributed by atoms with Crippen LogP contribution < -0.4 is 10.6 Å². The van der Waals surface area contributed by atoms with Crippen LogP contribution in [0.3, 0.4) is 0 Å². The Kier molecular flexibility index (Phi) is 4.68. The molecule has 0 fully saturated rings. The molecule has 6 nitrogen and oxygen atoms in total. The summed E-state index contributed by atoms with van der Waals surface area (Å²) >= 11 is 1.37. The first-order chi connectivity index (χ1) is 7.95. The molecule has 0 saturated heterocycles. The average Bonchev–Trinajstić information content (AvgIpc) is 2.77. The molecule has 1 aromatic rings. The van der Waals surface area contributed by atoms with E-state index >= 15 is 0 Å². The second-order valence-corrected chi connectivity index (χ2v) is 5.13. The van der Waals surface area contributed by atoms with Gasteiger partial charge in [-0.1, -0.05) is 25.9 Å². The van der Waals surface area contributed by atoms with Crippen LogP contribution in [0.4, 0.5) is 5.13 Å². The standard InChI is InChI=1S/C10H19N5OS/c1-6(2)9-12-10(17-14-9)15(4)5-7(3)8(11)13-16/h6-7,16H,5H2,1-4H3,(H2,11,13). The SMILES string of the molecule is CC(CN(C)c1nc(C(C)C)ns1)C(N)=NO. The third-order valence-electron chi connectivity index (χ3n) is 2.44. The smallest absolute Gasteiger partial charge is 0.204 e. The maximum atomic E-state index is 8.58. The van der Waals surface area contributed by atoms with Gasteiger partial charge in [0.25, 0.3) is 0 Å². The summed E-state index contributed by atoms with van der Waals surface area (Å²) in [6.07, 6.45) is 0. The second kappa shape index (κ2) is 5.81. The van der Waals surface area contributed by atoms with E-state index in [1.54, 1.807) is 0 Å². The molecule has 1 rings (SSSR count). The van der Waals surface area contributed by atoms with Crippen molar-refractivity contribution in [2.75, 3.05) is 18.5 Å². The van der Waals surface area contributed by atoms with Crippen LogP contribution >= 0.6 is 11.5 Å². The van der Waals surface area contributed by atoms with Crippen LogP contribution in [0.2, 0.25) is 0 Å². The quantitative estimate of drug-likeness (QED) is 0.361. The van der Waals surface area contributed by atoms with E-state index in [2.05, 4.69) is 28.4 Å². The summed E-state index contributed by atoms with van der Waals surface area (Å²) in [4.78, 5) is 6.40. The van der Waals surface area contributed by atoms with Crippen LogP contribution in [0, 0.1) is 5.92 Å². The molecule has 0 amide bonds. The molecule has 0 saturated carbocycles. The topological polar surface area (TPSA) is 87.6 Å². The molecule has 1 heterocycles. The number of hydrogen-bond acceptors (Lipinski definition) is 6. The van der Waals surface area contributed by atoms with Crippen molar-refractivity contribution in [2.45, 2.75) is 26.7 Å². The number of anilines is 1. The zero-order valence-corrected chi connectivity index (χ0v) is 11.4. The third-order valence-corrected chi connectivity index (χ3v) is 3.29. The lowest BCUT2D eigenvalue weighted by atomic mass is 10.1. The summed E-state index contributed by atoms with van der Waals surface area (Å²) in [5.41, 5.74) is 5.54. The molecule has 0 aromatic carbocycles. The highest BCUT2D eigenvalue weighted by Crippen LogP contribution is 2.20. The van der Waals surface area contributed by atoms with Gasteiger partial charge in [-0.25, -0.2) is 4.98 Å². The van der Waals surface area contributed by atoms with Crippen molar-refractivity contribution in [1.29, 1.82) is 0 Å². The summed E-state index contributed by atoms with van der Waals surface area (Å²) in [7, 11) is 1.92. The van der Waals surface area contributed by atoms with Gasteiger partial charge in [0, 0.05) is 37.0 Å². The van der Waals surface area contributed by atoms with Gasteiger partial charge in [-0.2, -0.15) is 4.37 Å². The fourth-order valence-electron chi connectivity index (χ4n) is 1.30. The van der Waals surface area contributed by atoms with Crippen LogP contribution in [0.1, 0.15) is 32.5 Å². The number of rotatable bonds is 5. The number of hydrogen-bond donors (Lipinski definition) is 2. The molecule has 0 spiro atoms. The second-order valence-electron chi connectivity index (χ2n) is 4.40. The lowest BCUT2D eigenvalue weighted by molar-refractivity contribution is 0.314. The summed E-state index contributed by atoms with van der Waals surface area (Å²) in [5, 5.41) is 12.4. The van der Waals surface area contributed by atoms with Crippen molar-refractivity contribution < 1.29 is 5.21 Å². The van der Waals surface area contributed by atoms with Crippen molar-refractivity contribution >= 4 is 22.5 Å². The minimum Gasteiger partial charge on any atom is -0.409 e. The molecule has 1 aromatic heterocycles. The number of amidine groups is 1. The molecule has 1 atom stereocenters. The van der Waals surface area contributed by atoms with Crippen molar-refractivity contribution in [2.24, 2.45) is 16.8 Å². The maximum Gasteiger partial charge on any atom is 0.204 e. The lowest BCUT2D eigenvalue weighted by Gasteiger charge is -2.19. The van der Waals surface area contributed by atoms with Gasteiger partial charge in [-0.3, -0.25) is 0 Å². The molecule has 0 aliphatic carbocycles.